The van der Waals surface area contributed by atoms with Crippen LogP contribution in [0.25, 0.3) is 0 Å². The van der Waals surface area contributed by atoms with Gasteiger partial charge in [-0.1, -0.05) is 13.0 Å². The van der Waals surface area contributed by atoms with E-state index in [1.807, 2.05) is 0 Å². The van der Waals surface area contributed by atoms with Crippen LogP contribution in [0.4, 0.5) is 0 Å². The number of hydrogen-bond donors (Lipinski definition) is 0. The van der Waals surface area contributed by atoms with Crippen molar-refractivity contribution in [2.24, 2.45) is 0 Å². The highest BCUT2D eigenvalue weighted by atomic mass is 32.2. The number of fused-ring (bicyclic) bond motifs is 1. The molecule has 2 nitrogen and oxygen atoms in total. The molecular formula is C18H25NOS. The lowest BCUT2D eigenvalue weighted by atomic mass is 10.0. The Bertz CT molecular complexity index is 514. The summed E-state index contributed by atoms with van der Waals surface area (Å²) < 4.78 is 0. The number of benzene rings is 1. The van der Waals surface area contributed by atoms with Crippen molar-refractivity contribution in [3.63, 3.8) is 0 Å². The zero-order chi connectivity index (χ0) is 14.7. The maximum atomic E-state index is 12.5. The standard InChI is InChI=1S/C18H25NOS/c1-2-16-8-3-4-11-19(16)18(20)13-21-17-10-9-14-6-5-7-15(14)12-17/h9-10,12,16H,2-8,11,13H2,1H3. The molecule has 0 radical (unpaired) electrons. The first-order chi connectivity index (χ1) is 10.3. The molecule has 1 fully saturated rings. The van der Waals surface area contributed by atoms with E-state index in [0.29, 0.717) is 17.7 Å². The van der Waals surface area contributed by atoms with Gasteiger partial charge in [-0.25, -0.2) is 0 Å². The van der Waals surface area contributed by atoms with E-state index in [9.17, 15) is 4.79 Å². The minimum atomic E-state index is 0.326. The van der Waals surface area contributed by atoms with Gasteiger partial charge < -0.3 is 4.90 Å². The molecule has 21 heavy (non-hydrogen) atoms. The summed E-state index contributed by atoms with van der Waals surface area (Å²) in [5.41, 5.74) is 3.00. The topological polar surface area (TPSA) is 20.3 Å². The molecule has 1 aliphatic carbocycles. The number of carbonyl (C=O) groups is 1. The van der Waals surface area contributed by atoms with Crippen LogP contribution in [0, 0.1) is 0 Å². The number of nitrogens with zero attached hydrogens (tertiary/aromatic N) is 1. The first-order valence-electron chi connectivity index (χ1n) is 8.32. The molecule has 1 amide bonds. The van der Waals surface area contributed by atoms with Gasteiger partial charge in [0.1, 0.15) is 0 Å². The average Bonchev–Trinajstić information content (AvgIpc) is 3.00. The normalized spacial score (nSPS) is 21.4. The van der Waals surface area contributed by atoms with Gasteiger partial charge in [-0.2, -0.15) is 0 Å². The monoisotopic (exact) mass is 303 g/mol. The van der Waals surface area contributed by atoms with Gasteiger partial charge in [0.25, 0.3) is 0 Å². The fourth-order valence-corrected chi connectivity index (χ4v) is 4.47. The third-order valence-corrected chi connectivity index (χ3v) is 5.83. The van der Waals surface area contributed by atoms with Gasteiger partial charge in [0, 0.05) is 17.5 Å². The maximum absolute atomic E-state index is 12.5. The number of aryl methyl sites for hydroxylation is 2. The molecular weight excluding hydrogens is 278 g/mol. The van der Waals surface area contributed by atoms with Crippen molar-refractivity contribution in [3.8, 4) is 0 Å². The number of hydrogen-bond acceptors (Lipinski definition) is 2. The van der Waals surface area contributed by atoms with Crippen LogP contribution in [0.15, 0.2) is 23.1 Å². The third-order valence-electron chi connectivity index (χ3n) is 4.85. The van der Waals surface area contributed by atoms with Crippen LogP contribution in [0.1, 0.15) is 50.2 Å². The van der Waals surface area contributed by atoms with Gasteiger partial charge in [0.2, 0.25) is 5.91 Å². The fourth-order valence-electron chi connectivity index (χ4n) is 3.62. The van der Waals surface area contributed by atoms with Crippen LogP contribution in [-0.2, 0) is 17.6 Å². The van der Waals surface area contributed by atoms with Gasteiger partial charge in [-0.05, 0) is 68.2 Å². The first kappa shape index (κ1) is 15.0. The van der Waals surface area contributed by atoms with Gasteiger partial charge in [-0.3, -0.25) is 4.79 Å². The molecule has 1 aliphatic heterocycles. The van der Waals surface area contributed by atoms with Gasteiger partial charge in [-0.15, -0.1) is 11.8 Å². The summed E-state index contributed by atoms with van der Waals surface area (Å²) in [6.45, 7) is 3.16. The lowest BCUT2D eigenvalue weighted by Crippen LogP contribution is -2.44. The molecule has 0 aromatic heterocycles. The fraction of sp³-hybridized carbons (Fsp3) is 0.611. The predicted molar refractivity (Wildman–Crippen MR) is 88.8 cm³/mol. The quantitative estimate of drug-likeness (QED) is 0.782. The Labute approximate surface area is 132 Å². The Morgan fingerprint density at radius 3 is 2.95 bits per heavy atom. The maximum Gasteiger partial charge on any atom is 0.233 e. The third kappa shape index (κ3) is 3.45. The Morgan fingerprint density at radius 2 is 2.10 bits per heavy atom. The van der Waals surface area contributed by atoms with Crippen molar-refractivity contribution < 1.29 is 4.79 Å². The van der Waals surface area contributed by atoms with Crippen LogP contribution in [-0.4, -0.2) is 29.1 Å². The van der Waals surface area contributed by atoms with E-state index >= 15 is 0 Å². The number of likely N-dealkylation sites (tertiary alicyclic amines) is 1. The lowest BCUT2D eigenvalue weighted by Gasteiger charge is -2.35. The highest BCUT2D eigenvalue weighted by Crippen LogP contribution is 2.28. The molecule has 1 saturated heterocycles. The van der Waals surface area contributed by atoms with Gasteiger partial charge >= 0.3 is 0 Å². The summed E-state index contributed by atoms with van der Waals surface area (Å²) in [6.07, 6.45) is 8.45. The van der Waals surface area contributed by atoms with Crippen molar-refractivity contribution >= 4 is 17.7 Å². The molecule has 2 aliphatic rings. The number of rotatable bonds is 4. The second kappa shape index (κ2) is 6.87. The molecule has 1 heterocycles. The number of piperidine rings is 1. The molecule has 0 saturated carbocycles. The van der Waals surface area contributed by atoms with Crippen molar-refractivity contribution in [1.29, 1.82) is 0 Å². The number of amides is 1. The van der Waals surface area contributed by atoms with Crippen LogP contribution < -0.4 is 0 Å². The van der Waals surface area contributed by atoms with Crippen molar-refractivity contribution in [1.82, 2.24) is 4.90 Å². The molecule has 0 spiro atoms. The SMILES string of the molecule is CCC1CCCCN1C(=O)CSc1ccc2c(c1)CCC2. The molecule has 114 valence electrons. The van der Waals surface area contributed by atoms with E-state index in [-0.39, 0.29) is 0 Å². The summed E-state index contributed by atoms with van der Waals surface area (Å²) in [5, 5.41) is 0. The highest BCUT2D eigenvalue weighted by Gasteiger charge is 2.25. The Hall–Kier alpha value is -0.960. The van der Waals surface area contributed by atoms with Crippen LogP contribution in [0.2, 0.25) is 0 Å². The summed E-state index contributed by atoms with van der Waals surface area (Å²) in [7, 11) is 0. The van der Waals surface area contributed by atoms with E-state index in [4.69, 9.17) is 0 Å². The van der Waals surface area contributed by atoms with Crippen LogP contribution in [0.3, 0.4) is 0 Å². The molecule has 3 rings (SSSR count). The minimum absolute atomic E-state index is 0.326. The smallest absolute Gasteiger partial charge is 0.233 e. The summed E-state index contributed by atoms with van der Waals surface area (Å²) >= 11 is 1.71. The van der Waals surface area contributed by atoms with E-state index in [0.717, 1.165) is 13.0 Å². The average molecular weight is 303 g/mol. The molecule has 0 N–H and O–H groups in total. The molecule has 1 atom stereocenters. The van der Waals surface area contributed by atoms with Crippen molar-refractivity contribution in [2.75, 3.05) is 12.3 Å². The van der Waals surface area contributed by atoms with E-state index < -0.39 is 0 Å². The van der Waals surface area contributed by atoms with E-state index in [1.54, 1.807) is 11.8 Å². The predicted octanol–water partition coefficient (Wildman–Crippen LogP) is 4.06. The van der Waals surface area contributed by atoms with Gasteiger partial charge in [0.15, 0.2) is 0 Å². The molecule has 1 aromatic rings. The van der Waals surface area contributed by atoms with Crippen molar-refractivity contribution in [3.05, 3.63) is 29.3 Å². The Balaban J connectivity index is 1.58. The lowest BCUT2D eigenvalue weighted by molar-refractivity contribution is -0.132. The second-order valence-corrected chi connectivity index (χ2v) is 7.27. The summed E-state index contributed by atoms with van der Waals surface area (Å²) in [4.78, 5) is 15.9. The second-order valence-electron chi connectivity index (χ2n) is 6.22. The molecule has 0 bridgehead atoms. The van der Waals surface area contributed by atoms with Crippen LogP contribution >= 0.6 is 11.8 Å². The zero-order valence-corrected chi connectivity index (χ0v) is 13.8. The number of thioether (sulfide) groups is 1. The first-order valence-corrected chi connectivity index (χ1v) is 9.30. The minimum Gasteiger partial charge on any atom is -0.339 e. The Kier molecular flexibility index (Phi) is 4.89. The Morgan fingerprint density at radius 1 is 1.24 bits per heavy atom. The summed E-state index contributed by atoms with van der Waals surface area (Å²) in [5.74, 6) is 0.919. The number of carbonyl (C=O) groups excluding carboxylic acids is 1. The van der Waals surface area contributed by atoms with E-state index in [2.05, 4.69) is 30.0 Å². The largest absolute Gasteiger partial charge is 0.339 e. The summed E-state index contributed by atoms with van der Waals surface area (Å²) in [6, 6.07) is 7.22. The van der Waals surface area contributed by atoms with E-state index in [1.165, 1.54) is 54.5 Å². The molecule has 3 heteroatoms. The van der Waals surface area contributed by atoms with Crippen molar-refractivity contribution in [2.45, 2.75) is 62.8 Å². The molecule has 1 aromatic carbocycles. The highest BCUT2D eigenvalue weighted by molar-refractivity contribution is 8.00. The van der Waals surface area contributed by atoms with Crippen LogP contribution in [0.5, 0.6) is 0 Å². The zero-order valence-electron chi connectivity index (χ0n) is 12.9. The van der Waals surface area contributed by atoms with Gasteiger partial charge in [0.05, 0.1) is 5.75 Å². The molecule has 1 unspecified atom stereocenters.